The van der Waals surface area contributed by atoms with Gasteiger partial charge in [0.1, 0.15) is 0 Å². The fraction of sp³-hybridized carbons (Fsp3) is 0.818. The van der Waals surface area contributed by atoms with E-state index in [4.69, 9.17) is 11.6 Å². The van der Waals surface area contributed by atoms with Gasteiger partial charge in [0, 0.05) is 5.54 Å². The minimum absolute atomic E-state index is 0.687. The Kier molecular flexibility index (Phi) is 3.22. The summed E-state index contributed by atoms with van der Waals surface area (Å²) in [5.41, 5.74) is 1.68. The predicted molar refractivity (Wildman–Crippen MR) is 55.1 cm³/mol. The molecular weight excluding hydrogens is 168 g/mol. The first kappa shape index (κ1) is 10.1. The standard InChI is InChI=1S/C11H19Cl/c1-7-8(2)10(4)11(5-6-12)9(7)3/h5-11H,1-4H3. The Hall–Kier alpha value is 0.0300. The van der Waals surface area contributed by atoms with Gasteiger partial charge < -0.3 is 0 Å². The van der Waals surface area contributed by atoms with Crippen LogP contribution in [0.3, 0.4) is 0 Å². The average molecular weight is 187 g/mol. The monoisotopic (exact) mass is 186 g/mol. The van der Waals surface area contributed by atoms with Crippen LogP contribution < -0.4 is 0 Å². The van der Waals surface area contributed by atoms with Gasteiger partial charge in [0.15, 0.2) is 0 Å². The van der Waals surface area contributed by atoms with E-state index in [2.05, 4.69) is 33.8 Å². The fourth-order valence-electron chi connectivity index (χ4n) is 2.57. The van der Waals surface area contributed by atoms with Crippen LogP contribution in [0, 0.1) is 29.6 Å². The zero-order chi connectivity index (χ0) is 9.30. The van der Waals surface area contributed by atoms with Gasteiger partial charge in [-0.1, -0.05) is 45.4 Å². The Labute approximate surface area is 81.0 Å². The number of hydrogen-bond donors (Lipinski definition) is 0. The Morgan fingerprint density at radius 2 is 1.25 bits per heavy atom. The molecule has 0 bridgehead atoms. The lowest BCUT2D eigenvalue weighted by Crippen LogP contribution is -2.09. The van der Waals surface area contributed by atoms with Gasteiger partial charge in [-0.05, 0) is 29.6 Å². The molecule has 0 saturated heterocycles. The highest BCUT2D eigenvalue weighted by atomic mass is 35.5. The highest BCUT2D eigenvalue weighted by Gasteiger charge is 2.39. The van der Waals surface area contributed by atoms with Crippen molar-refractivity contribution < 1.29 is 0 Å². The Bertz CT molecular complexity index is 160. The molecule has 0 spiro atoms. The van der Waals surface area contributed by atoms with Gasteiger partial charge in [-0.25, -0.2) is 0 Å². The second-order valence-corrected chi connectivity index (χ2v) is 4.58. The van der Waals surface area contributed by atoms with Crippen LogP contribution in [0.4, 0.5) is 0 Å². The minimum atomic E-state index is 0.687. The summed E-state index contributed by atoms with van der Waals surface area (Å²) in [5, 5.41) is 0. The van der Waals surface area contributed by atoms with Crippen LogP contribution >= 0.6 is 11.6 Å². The van der Waals surface area contributed by atoms with Crippen molar-refractivity contribution in [3.05, 3.63) is 11.6 Å². The Morgan fingerprint density at radius 3 is 1.58 bits per heavy atom. The lowest BCUT2D eigenvalue weighted by Gasteiger charge is -2.16. The molecule has 0 aromatic heterocycles. The van der Waals surface area contributed by atoms with Gasteiger partial charge in [0.05, 0.1) is 0 Å². The number of halogens is 1. The highest BCUT2D eigenvalue weighted by molar-refractivity contribution is 6.25. The summed E-state index contributed by atoms with van der Waals surface area (Å²) in [6.45, 7) is 9.39. The minimum Gasteiger partial charge on any atom is -0.0933 e. The van der Waals surface area contributed by atoms with Crippen molar-refractivity contribution in [3.63, 3.8) is 0 Å². The maximum Gasteiger partial charge on any atom is 0.000546 e. The second kappa shape index (κ2) is 3.83. The topological polar surface area (TPSA) is 0 Å². The predicted octanol–water partition coefficient (Wildman–Crippen LogP) is 3.91. The molecule has 1 rings (SSSR count). The molecule has 0 N–H and O–H groups in total. The molecule has 4 unspecified atom stereocenters. The van der Waals surface area contributed by atoms with Crippen LogP contribution in [0.25, 0.3) is 0 Å². The quantitative estimate of drug-likeness (QED) is 0.583. The lowest BCUT2D eigenvalue weighted by atomic mass is 9.90. The van der Waals surface area contributed by atoms with Gasteiger partial charge in [-0.2, -0.15) is 0 Å². The molecule has 1 saturated carbocycles. The molecule has 0 radical (unpaired) electrons. The van der Waals surface area contributed by atoms with Crippen LogP contribution in [0.15, 0.2) is 11.6 Å². The highest BCUT2D eigenvalue weighted by Crippen LogP contribution is 2.45. The van der Waals surface area contributed by atoms with Crippen molar-refractivity contribution in [2.24, 2.45) is 29.6 Å². The van der Waals surface area contributed by atoms with E-state index in [-0.39, 0.29) is 0 Å². The van der Waals surface area contributed by atoms with Gasteiger partial charge in [0.2, 0.25) is 0 Å². The third-order valence-corrected chi connectivity index (χ3v) is 4.14. The normalized spacial score (nSPS) is 48.9. The molecule has 0 aromatic rings. The molecule has 0 nitrogen and oxygen atoms in total. The van der Waals surface area contributed by atoms with E-state index in [0.29, 0.717) is 5.92 Å². The smallest absolute Gasteiger partial charge is 0.000546 e. The summed E-state index contributed by atoms with van der Waals surface area (Å²) in [4.78, 5) is 0. The van der Waals surface area contributed by atoms with Crippen molar-refractivity contribution in [3.8, 4) is 0 Å². The molecule has 0 aromatic carbocycles. The molecule has 70 valence electrons. The largest absolute Gasteiger partial charge is 0.0933 e. The SMILES string of the molecule is CC1C(C)C(C)C(C=CCl)C1C. The third-order valence-electron chi connectivity index (χ3n) is 4.00. The van der Waals surface area contributed by atoms with E-state index < -0.39 is 0 Å². The van der Waals surface area contributed by atoms with Crippen molar-refractivity contribution >= 4 is 11.6 Å². The van der Waals surface area contributed by atoms with E-state index in [0.717, 1.165) is 23.7 Å². The Balaban J connectivity index is 2.76. The van der Waals surface area contributed by atoms with Crippen LogP contribution in [0.2, 0.25) is 0 Å². The first-order chi connectivity index (χ1) is 5.59. The van der Waals surface area contributed by atoms with Crippen molar-refractivity contribution in [2.75, 3.05) is 0 Å². The molecule has 12 heavy (non-hydrogen) atoms. The van der Waals surface area contributed by atoms with Crippen LogP contribution in [-0.4, -0.2) is 0 Å². The maximum atomic E-state index is 5.63. The summed E-state index contributed by atoms with van der Waals surface area (Å²) < 4.78 is 0. The van der Waals surface area contributed by atoms with E-state index in [1.807, 2.05) is 0 Å². The summed E-state index contributed by atoms with van der Waals surface area (Å²) in [5.74, 6) is 3.92. The van der Waals surface area contributed by atoms with Crippen LogP contribution in [0.1, 0.15) is 27.7 Å². The van der Waals surface area contributed by atoms with Gasteiger partial charge >= 0.3 is 0 Å². The van der Waals surface area contributed by atoms with Crippen molar-refractivity contribution in [2.45, 2.75) is 27.7 Å². The molecule has 1 aliphatic carbocycles. The molecule has 0 aliphatic heterocycles. The Morgan fingerprint density at radius 1 is 0.833 bits per heavy atom. The molecule has 0 heterocycles. The maximum absolute atomic E-state index is 5.63. The van der Waals surface area contributed by atoms with Gasteiger partial charge in [-0.3, -0.25) is 0 Å². The zero-order valence-corrected chi connectivity index (χ0v) is 9.18. The summed E-state index contributed by atoms with van der Waals surface area (Å²) >= 11 is 5.63. The first-order valence-electron chi connectivity index (χ1n) is 4.86. The third kappa shape index (κ3) is 1.54. The first-order valence-corrected chi connectivity index (χ1v) is 5.30. The second-order valence-electron chi connectivity index (χ2n) is 4.33. The van der Waals surface area contributed by atoms with E-state index in [9.17, 15) is 0 Å². The van der Waals surface area contributed by atoms with Crippen molar-refractivity contribution in [1.82, 2.24) is 0 Å². The van der Waals surface area contributed by atoms with Crippen molar-refractivity contribution in [1.29, 1.82) is 0 Å². The van der Waals surface area contributed by atoms with E-state index >= 15 is 0 Å². The average Bonchev–Trinajstić information content (AvgIpc) is 2.23. The molecule has 1 aliphatic rings. The lowest BCUT2D eigenvalue weighted by molar-refractivity contribution is 0.352. The number of allylic oxidation sites excluding steroid dienone is 1. The van der Waals surface area contributed by atoms with Crippen LogP contribution in [0.5, 0.6) is 0 Å². The molecule has 0 amide bonds. The zero-order valence-electron chi connectivity index (χ0n) is 8.42. The molecular formula is C11H19Cl. The molecule has 1 heteroatoms. The molecule has 4 atom stereocenters. The molecule has 1 fully saturated rings. The summed E-state index contributed by atoms with van der Waals surface area (Å²) in [6.07, 6.45) is 2.16. The number of rotatable bonds is 1. The number of hydrogen-bond acceptors (Lipinski definition) is 0. The fourth-order valence-corrected chi connectivity index (χ4v) is 2.74. The van der Waals surface area contributed by atoms with Gasteiger partial charge in [0.25, 0.3) is 0 Å². The summed E-state index contributed by atoms with van der Waals surface area (Å²) in [6, 6.07) is 0. The van der Waals surface area contributed by atoms with Crippen LogP contribution in [-0.2, 0) is 0 Å². The summed E-state index contributed by atoms with van der Waals surface area (Å²) in [7, 11) is 0. The van der Waals surface area contributed by atoms with E-state index in [1.54, 1.807) is 5.54 Å². The van der Waals surface area contributed by atoms with Gasteiger partial charge in [-0.15, -0.1) is 0 Å². The van der Waals surface area contributed by atoms with E-state index in [1.165, 1.54) is 0 Å².